The van der Waals surface area contributed by atoms with Crippen LogP contribution in [0, 0.1) is 0 Å². The summed E-state index contributed by atoms with van der Waals surface area (Å²) in [6.45, 7) is 0.144. The molecule has 0 atom stereocenters. The second kappa shape index (κ2) is 7.59. The fraction of sp³-hybridized carbons (Fsp3) is 0.167. The van der Waals surface area contributed by atoms with Gasteiger partial charge in [0, 0.05) is 25.0 Å². The Morgan fingerprint density at radius 1 is 1.08 bits per heavy atom. The molecule has 0 bridgehead atoms. The predicted octanol–water partition coefficient (Wildman–Crippen LogP) is 2.37. The van der Waals surface area contributed by atoms with Gasteiger partial charge < -0.3 is 14.0 Å². The van der Waals surface area contributed by atoms with E-state index >= 15 is 0 Å². The van der Waals surface area contributed by atoms with Crippen molar-refractivity contribution in [1.29, 1.82) is 0 Å². The van der Waals surface area contributed by atoms with Crippen LogP contribution in [0.3, 0.4) is 0 Å². The molecule has 0 aliphatic carbocycles. The first-order valence-electron chi connectivity index (χ1n) is 7.83. The molecular weight excluding hydrogens is 354 g/mol. The summed E-state index contributed by atoms with van der Waals surface area (Å²) < 4.78 is 40.1. The molecule has 0 aliphatic rings. The van der Waals surface area contributed by atoms with Crippen molar-refractivity contribution in [1.82, 2.24) is 14.3 Å². The molecule has 136 valence electrons. The molecule has 0 spiro atoms. The van der Waals surface area contributed by atoms with Gasteiger partial charge in [0.2, 0.25) is 10.0 Å². The number of aromatic nitrogens is 2. The largest absolute Gasteiger partial charge is 0.493 e. The molecule has 1 aromatic heterocycles. The second-order valence-corrected chi connectivity index (χ2v) is 7.21. The van der Waals surface area contributed by atoms with E-state index in [0.717, 1.165) is 11.3 Å². The average molecular weight is 373 g/mol. The predicted molar refractivity (Wildman–Crippen MR) is 97.1 cm³/mol. The smallest absolute Gasteiger partial charge is 0.241 e. The van der Waals surface area contributed by atoms with Gasteiger partial charge in [-0.1, -0.05) is 18.2 Å². The highest BCUT2D eigenvalue weighted by Crippen LogP contribution is 2.29. The summed E-state index contributed by atoms with van der Waals surface area (Å²) in [6, 6.07) is 12.0. The Morgan fingerprint density at radius 2 is 1.85 bits per heavy atom. The third-order valence-corrected chi connectivity index (χ3v) is 5.29. The van der Waals surface area contributed by atoms with Crippen molar-refractivity contribution in [2.45, 2.75) is 11.4 Å². The molecule has 0 fully saturated rings. The van der Waals surface area contributed by atoms with E-state index in [0.29, 0.717) is 11.5 Å². The van der Waals surface area contributed by atoms with E-state index < -0.39 is 10.0 Å². The molecule has 26 heavy (non-hydrogen) atoms. The van der Waals surface area contributed by atoms with Crippen molar-refractivity contribution >= 4 is 10.0 Å². The van der Waals surface area contributed by atoms with Crippen LogP contribution >= 0.6 is 0 Å². The molecule has 7 nitrogen and oxygen atoms in total. The van der Waals surface area contributed by atoms with Gasteiger partial charge in [-0.05, 0) is 23.8 Å². The summed E-state index contributed by atoms with van der Waals surface area (Å²) in [4.78, 5) is 4.14. The number of benzene rings is 2. The van der Waals surface area contributed by atoms with E-state index in [4.69, 9.17) is 9.47 Å². The van der Waals surface area contributed by atoms with Gasteiger partial charge in [-0.25, -0.2) is 18.1 Å². The summed E-state index contributed by atoms with van der Waals surface area (Å²) in [5.74, 6) is 0.825. The Kier molecular flexibility index (Phi) is 5.24. The number of hydrogen-bond acceptors (Lipinski definition) is 5. The zero-order chi connectivity index (χ0) is 18.6. The highest BCUT2D eigenvalue weighted by molar-refractivity contribution is 7.89. The van der Waals surface area contributed by atoms with Gasteiger partial charge in [0.25, 0.3) is 0 Å². The summed E-state index contributed by atoms with van der Waals surface area (Å²) in [5.41, 5.74) is 1.69. The van der Waals surface area contributed by atoms with Crippen LogP contribution in [-0.2, 0) is 16.6 Å². The minimum Gasteiger partial charge on any atom is -0.493 e. The van der Waals surface area contributed by atoms with Gasteiger partial charge in [-0.3, -0.25) is 0 Å². The Labute approximate surface area is 152 Å². The Balaban J connectivity index is 1.84. The number of ether oxygens (including phenoxy) is 2. The molecule has 0 unspecified atom stereocenters. The van der Waals surface area contributed by atoms with Crippen LogP contribution in [0.4, 0.5) is 0 Å². The maximum absolute atomic E-state index is 12.6. The van der Waals surface area contributed by atoms with Gasteiger partial charge in [-0.2, -0.15) is 0 Å². The Bertz CT molecular complexity index is 985. The van der Waals surface area contributed by atoms with E-state index in [1.54, 1.807) is 18.6 Å². The van der Waals surface area contributed by atoms with E-state index in [2.05, 4.69) is 9.71 Å². The number of rotatable bonds is 7. The summed E-state index contributed by atoms with van der Waals surface area (Å²) in [7, 11) is -0.753. The molecule has 1 N–H and O–H groups in total. The average Bonchev–Trinajstić information content (AvgIpc) is 3.20. The zero-order valence-corrected chi connectivity index (χ0v) is 15.2. The number of sulfonamides is 1. The van der Waals surface area contributed by atoms with E-state index in [-0.39, 0.29) is 11.4 Å². The number of imidazole rings is 1. The van der Waals surface area contributed by atoms with Crippen molar-refractivity contribution in [3.05, 3.63) is 66.7 Å². The van der Waals surface area contributed by atoms with Gasteiger partial charge in [0.15, 0.2) is 11.5 Å². The lowest BCUT2D eigenvalue weighted by atomic mass is 10.2. The quantitative estimate of drug-likeness (QED) is 0.687. The lowest BCUT2D eigenvalue weighted by Gasteiger charge is -2.13. The highest BCUT2D eigenvalue weighted by atomic mass is 32.2. The van der Waals surface area contributed by atoms with E-state index in [9.17, 15) is 8.42 Å². The third kappa shape index (κ3) is 3.71. The van der Waals surface area contributed by atoms with Crippen molar-refractivity contribution in [2.24, 2.45) is 0 Å². The molecule has 0 amide bonds. The molecule has 0 saturated heterocycles. The lowest BCUT2D eigenvalue weighted by Crippen LogP contribution is -2.24. The molecule has 3 rings (SSSR count). The van der Waals surface area contributed by atoms with Gasteiger partial charge in [0.05, 0.1) is 31.1 Å². The lowest BCUT2D eigenvalue weighted by molar-refractivity contribution is 0.354. The SMILES string of the molecule is COc1ccc(S(=O)(=O)NCc2ccccc2-n2ccnc2)cc1OC. The standard InChI is InChI=1S/C18H19N3O4S/c1-24-17-8-7-15(11-18(17)25-2)26(22,23)20-12-14-5-3-4-6-16(14)21-10-9-19-13-21/h3-11,13,20H,12H2,1-2H3. The van der Waals surface area contributed by atoms with Crippen LogP contribution < -0.4 is 14.2 Å². The Hall–Kier alpha value is -2.84. The zero-order valence-electron chi connectivity index (χ0n) is 14.4. The monoisotopic (exact) mass is 373 g/mol. The first-order chi connectivity index (χ1) is 12.5. The summed E-state index contributed by atoms with van der Waals surface area (Å²) in [6.07, 6.45) is 5.15. The van der Waals surface area contributed by atoms with Crippen LogP contribution in [0.1, 0.15) is 5.56 Å². The van der Waals surface area contributed by atoms with Crippen molar-refractivity contribution in [2.75, 3.05) is 14.2 Å². The number of para-hydroxylation sites is 1. The number of nitrogens with zero attached hydrogens (tertiary/aromatic N) is 2. The maximum atomic E-state index is 12.6. The Morgan fingerprint density at radius 3 is 2.54 bits per heavy atom. The van der Waals surface area contributed by atoms with E-state index in [1.807, 2.05) is 35.0 Å². The first kappa shape index (κ1) is 18.0. The molecule has 0 radical (unpaired) electrons. The molecular formula is C18H19N3O4S. The van der Waals surface area contributed by atoms with Crippen LogP contribution in [-0.4, -0.2) is 32.2 Å². The third-order valence-electron chi connectivity index (χ3n) is 3.89. The molecule has 1 heterocycles. The molecule has 2 aromatic carbocycles. The fourth-order valence-electron chi connectivity index (χ4n) is 2.55. The van der Waals surface area contributed by atoms with Gasteiger partial charge in [-0.15, -0.1) is 0 Å². The van der Waals surface area contributed by atoms with Crippen LogP contribution in [0.25, 0.3) is 5.69 Å². The number of hydrogen-bond donors (Lipinski definition) is 1. The first-order valence-corrected chi connectivity index (χ1v) is 9.31. The molecule has 8 heteroatoms. The summed E-state index contributed by atoms with van der Waals surface area (Å²) >= 11 is 0. The van der Waals surface area contributed by atoms with Crippen molar-refractivity contribution in [3.63, 3.8) is 0 Å². The van der Waals surface area contributed by atoms with E-state index in [1.165, 1.54) is 26.4 Å². The van der Waals surface area contributed by atoms with Crippen molar-refractivity contribution in [3.8, 4) is 17.2 Å². The van der Waals surface area contributed by atoms with Crippen LogP contribution in [0.15, 0.2) is 66.1 Å². The number of methoxy groups -OCH3 is 2. The fourth-order valence-corrected chi connectivity index (χ4v) is 3.58. The minimum atomic E-state index is -3.71. The molecule has 0 aliphatic heterocycles. The maximum Gasteiger partial charge on any atom is 0.241 e. The van der Waals surface area contributed by atoms with Crippen LogP contribution in [0.5, 0.6) is 11.5 Å². The summed E-state index contributed by atoms with van der Waals surface area (Å²) in [5, 5.41) is 0. The number of nitrogens with one attached hydrogen (secondary N) is 1. The van der Waals surface area contributed by atoms with Crippen molar-refractivity contribution < 1.29 is 17.9 Å². The molecule has 0 saturated carbocycles. The van der Waals surface area contributed by atoms with Gasteiger partial charge >= 0.3 is 0 Å². The van der Waals surface area contributed by atoms with Crippen LogP contribution in [0.2, 0.25) is 0 Å². The second-order valence-electron chi connectivity index (χ2n) is 5.44. The molecule has 3 aromatic rings. The minimum absolute atomic E-state index is 0.107. The van der Waals surface area contributed by atoms with Gasteiger partial charge in [0.1, 0.15) is 0 Å². The topological polar surface area (TPSA) is 82.5 Å². The highest BCUT2D eigenvalue weighted by Gasteiger charge is 2.17. The normalized spacial score (nSPS) is 11.3.